The van der Waals surface area contributed by atoms with E-state index in [1.807, 2.05) is 13.0 Å². The van der Waals surface area contributed by atoms with Crippen molar-refractivity contribution in [1.82, 2.24) is 5.32 Å². The SMILES string of the molecule is CC(C#N)CNCCc1ccccc1F. The summed E-state index contributed by atoms with van der Waals surface area (Å²) in [7, 11) is 0. The molecule has 80 valence electrons. The zero-order chi connectivity index (χ0) is 11.1. The van der Waals surface area contributed by atoms with E-state index in [1.165, 1.54) is 6.07 Å². The van der Waals surface area contributed by atoms with Crippen molar-refractivity contribution in [1.29, 1.82) is 5.26 Å². The molecule has 0 aromatic heterocycles. The van der Waals surface area contributed by atoms with Crippen molar-refractivity contribution in [3.05, 3.63) is 35.6 Å². The predicted molar refractivity (Wildman–Crippen MR) is 57.8 cm³/mol. The maximum absolute atomic E-state index is 13.2. The van der Waals surface area contributed by atoms with Gasteiger partial charge in [0.1, 0.15) is 5.82 Å². The van der Waals surface area contributed by atoms with Gasteiger partial charge in [0.2, 0.25) is 0 Å². The molecule has 0 bridgehead atoms. The quantitative estimate of drug-likeness (QED) is 0.749. The lowest BCUT2D eigenvalue weighted by molar-refractivity contribution is 0.578. The van der Waals surface area contributed by atoms with Gasteiger partial charge >= 0.3 is 0 Å². The monoisotopic (exact) mass is 206 g/mol. The molecular formula is C12H15FN2. The molecule has 0 saturated heterocycles. The molecule has 1 unspecified atom stereocenters. The van der Waals surface area contributed by atoms with Crippen LogP contribution in [0, 0.1) is 23.1 Å². The van der Waals surface area contributed by atoms with Gasteiger partial charge in [-0.05, 0) is 31.5 Å². The van der Waals surface area contributed by atoms with Gasteiger partial charge in [0, 0.05) is 6.54 Å². The number of rotatable bonds is 5. The fraction of sp³-hybridized carbons (Fsp3) is 0.417. The lowest BCUT2D eigenvalue weighted by Gasteiger charge is -2.06. The van der Waals surface area contributed by atoms with E-state index in [0.29, 0.717) is 19.5 Å². The Bertz CT molecular complexity index is 344. The van der Waals surface area contributed by atoms with Crippen LogP contribution in [0.25, 0.3) is 0 Å². The van der Waals surface area contributed by atoms with Crippen LogP contribution in [0.3, 0.4) is 0 Å². The third kappa shape index (κ3) is 4.09. The molecule has 0 heterocycles. The smallest absolute Gasteiger partial charge is 0.126 e. The number of halogens is 1. The first-order valence-electron chi connectivity index (χ1n) is 5.07. The topological polar surface area (TPSA) is 35.8 Å². The molecule has 1 atom stereocenters. The van der Waals surface area contributed by atoms with Crippen molar-refractivity contribution in [2.24, 2.45) is 5.92 Å². The summed E-state index contributed by atoms with van der Waals surface area (Å²) < 4.78 is 13.2. The van der Waals surface area contributed by atoms with Crippen LogP contribution in [0.5, 0.6) is 0 Å². The summed E-state index contributed by atoms with van der Waals surface area (Å²) in [4.78, 5) is 0. The number of nitrogens with one attached hydrogen (secondary N) is 1. The van der Waals surface area contributed by atoms with E-state index >= 15 is 0 Å². The lowest BCUT2D eigenvalue weighted by Crippen LogP contribution is -2.23. The van der Waals surface area contributed by atoms with E-state index in [0.717, 1.165) is 5.56 Å². The second kappa shape index (κ2) is 6.15. The average Bonchev–Trinajstić information content (AvgIpc) is 2.26. The van der Waals surface area contributed by atoms with Gasteiger partial charge in [-0.25, -0.2) is 4.39 Å². The van der Waals surface area contributed by atoms with Crippen LogP contribution in [0.15, 0.2) is 24.3 Å². The molecule has 2 nitrogen and oxygen atoms in total. The highest BCUT2D eigenvalue weighted by Gasteiger charge is 2.01. The second-order valence-corrected chi connectivity index (χ2v) is 3.58. The number of nitriles is 1. The fourth-order valence-corrected chi connectivity index (χ4v) is 1.29. The van der Waals surface area contributed by atoms with Gasteiger partial charge in [0.25, 0.3) is 0 Å². The minimum Gasteiger partial charge on any atom is -0.315 e. The van der Waals surface area contributed by atoms with Crippen LogP contribution in [0.1, 0.15) is 12.5 Å². The molecule has 0 radical (unpaired) electrons. The summed E-state index contributed by atoms with van der Waals surface area (Å²) in [6.45, 7) is 3.22. The third-order valence-corrected chi connectivity index (χ3v) is 2.20. The van der Waals surface area contributed by atoms with Crippen molar-refractivity contribution in [3.8, 4) is 6.07 Å². The molecule has 1 aromatic rings. The predicted octanol–water partition coefficient (Wildman–Crippen LogP) is 2.12. The van der Waals surface area contributed by atoms with E-state index in [4.69, 9.17) is 5.26 Å². The molecule has 0 amide bonds. The summed E-state index contributed by atoms with van der Waals surface area (Å²) in [6, 6.07) is 8.90. The zero-order valence-electron chi connectivity index (χ0n) is 8.83. The third-order valence-electron chi connectivity index (χ3n) is 2.20. The zero-order valence-corrected chi connectivity index (χ0v) is 8.83. The van der Waals surface area contributed by atoms with Gasteiger partial charge in [-0.1, -0.05) is 18.2 Å². The Balaban J connectivity index is 2.27. The van der Waals surface area contributed by atoms with Crippen molar-refractivity contribution in [2.45, 2.75) is 13.3 Å². The normalized spacial score (nSPS) is 12.1. The number of benzene rings is 1. The van der Waals surface area contributed by atoms with Crippen LogP contribution in [-0.2, 0) is 6.42 Å². The lowest BCUT2D eigenvalue weighted by atomic mass is 10.1. The fourth-order valence-electron chi connectivity index (χ4n) is 1.29. The minimum absolute atomic E-state index is 0.00520. The van der Waals surface area contributed by atoms with Gasteiger partial charge in [0.15, 0.2) is 0 Å². The van der Waals surface area contributed by atoms with Gasteiger partial charge < -0.3 is 5.32 Å². The first-order chi connectivity index (χ1) is 7.24. The highest BCUT2D eigenvalue weighted by atomic mass is 19.1. The highest BCUT2D eigenvalue weighted by molar-refractivity contribution is 5.17. The first-order valence-corrected chi connectivity index (χ1v) is 5.07. The van der Waals surface area contributed by atoms with E-state index in [-0.39, 0.29) is 11.7 Å². The molecular weight excluding hydrogens is 191 g/mol. The largest absolute Gasteiger partial charge is 0.315 e. The second-order valence-electron chi connectivity index (χ2n) is 3.58. The molecule has 0 spiro atoms. The van der Waals surface area contributed by atoms with Gasteiger partial charge in [0.05, 0.1) is 12.0 Å². The molecule has 1 aromatic carbocycles. The average molecular weight is 206 g/mol. The van der Waals surface area contributed by atoms with E-state index < -0.39 is 0 Å². The maximum Gasteiger partial charge on any atom is 0.126 e. The molecule has 0 fully saturated rings. The Hall–Kier alpha value is -1.40. The summed E-state index contributed by atoms with van der Waals surface area (Å²) in [6.07, 6.45) is 0.658. The Morgan fingerprint density at radius 2 is 2.20 bits per heavy atom. The Labute approximate surface area is 89.7 Å². The van der Waals surface area contributed by atoms with E-state index in [2.05, 4.69) is 11.4 Å². The van der Waals surface area contributed by atoms with Gasteiger partial charge in [-0.15, -0.1) is 0 Å². The Morgan fingerprint density at radius 3 is 2.87 bits per heavy atom. The molecule has 0 saturated carbocycles. The minimum atomic E-state index is -0.160. The maximum atomic E-state index is 13.2. The number of nitrogens with zero attached hydrogens (tertiary/aromatic N) is 1. The molecule has 1 N–H and O–H groups in total. The standard InChI is InChI=1S/C12H15FN2/c1-10(8-14)9-15-7-6-11-4-2-3-5-12(11)13/h2-5,10,15H,6-7,9H2,1H3. The molecule has 0 aliphatic carbocycles. The summed E-state index contributed by atoms with van der Waals surface area (Å²) in [5.41, 5.74) is 0.717. The number of hydrogen-bond donors (Lipinski definition) is 1. The highest BCUT2D eigenvalue weighted by Crippen LogP contribution is 2.06. The van der Waals surface area contributed by atoms with Crippen molar-refractivity contribution >= 4 is 0 Å². The molecule has 0 aliphatic rings. The molecule has 0 aliphatic heterocycles. The van der Waals surface area contributed by atoms with Crippen LogP contribution in [0.4, 0.5) is 4.39 Å². The van der Waals surface area contributed by atoms with E-state index in [9.17, 15) is 4.39 Å². The Kier molecular flexibility index (Phi) is 4.79. The number of hydrogen-bond acceptors (Lipinski definition) is 2. The van der Waals surface area contributed by atoms with Gasteiger partial charge in [-0.3, -0.25) is 0 Å². The van der Waals surface area contributed by atoms with Crippen LogP contribution in [-0.4, -0.2) is 13.1 Å². The Morgan fingerprint density at radius 1 is 1.47 bits per heavy atom. The molecule has 1 rings (SSSR count). The van der Waals surface area contributed by atoms with Crippen molar-refractivity contribution in [2.75, 3.05) is 13.1 Å². The summed E-state index contributed by atoms with van der Waals surface area (Å²) in [5, 5.41) is 11.7. The molecule has 3 heteroatoms. The van der Waals surface area contributed by atoms with E-state index in [1.54, 1.807) is 12.1 Å². The van der Waals surface area contributed by atoms with Gasteiger partial charge in [-0.2, -0.15) is 5.26 Å². The summed E-state index contributed by atoms with van der Waals surface area (Å²) in [5.74, 6) is -0.154. The first kappa shape index (κ1) is 11.7. The molecule has 15 heavy (non-hydrogen) atoms. The van der Waals surface area contributed by atoms with Crippen LogP contribution < -0.4 is 5.32 Å². The van der Waals surface area contributed by atoms with Crippen LogP contribution >= 0.6 is 0 Å². The van der Waals surface area contributed by atoms with Crippen molar-refractivity contribution < 1.29 is 4.39 Å². The summed E-state index contributed by atoms with van der Waals surface area (Å²) >= 11 is 0. The van der Waals surface area contributed by atoms with Crippen molar-refractivity contribution in [3.63, 3.8) is 0 Å². The van der Waals surface area contributed by atoms with Crippen LogP contribution in [0.2, 0.25) is 0 Å².